The minimum absolute atomic E-state index is 0.0960. The van der Waals surface area contributed by atoms with Gasteiger partial charge < -0.3 is 24.1 Å². The van der Waals surface area contributed by atoms with Gasteiger partial charge in [-0.15, -0.1) is 0 Å². The fraction of sp³-hybridized carbons (Fsp3) is 0.200. The van der Waals surface area contributed by atoms with Crippen LogP contribution >= 0.6 is 11.6 Å². The second-order valence-electron chi connectivity index (χ2n) is 7.19. The smallest absolute Gasteiger partial charge is 0.203 e. The number of ether oxygens (including phenoxy) is 4. The van der Waals surface area contributed by atoms with Crippen LogP contribution in [0.25, 0.3) is 12.2 Å². The monoisotopic (exact) mass is 504 g/mol. The molecule has 0 fully saturated rings. The fourth-order valence-corrected chi connectivity index (χ4v) is 4.93. The SMILES string of the molecule is COc1ccc(/C=C\c2cc(OC)c(OC)c(OC)c2)c(CS(=O)(=O)c2ccc(Cl)cc2)c1O. The minimum Gasteiger partial charge on any atom is -0.504 e. The quantitative estimate of drug-likeness (QED) is 0.399. The van der Waals surface area contributed by atoms with E-state index in [9.17, 15) is 13.5 Å². The number of aromatic hydroxyl groups is 1. The van der Waals surface area contributed by atoms with E-state index >= 15 is 0 Å². The third kappa shape index (κ3) is 5.40. The predicted molar refractivity (Wildman–Crippen MR) is 132 cm³/mol. The van der Waals surface area contributed by atoms with Gasteiger partial charge in [-0.25, -0.2) is 8.42 Å². The molecule has 3 aromatic rings. The summed E-state index contributed by atoms with van der Waals surface area (Å²) in [6.07, 6.45) is 3.46. The largest absolute Gasteiger partial charge is 0.504 e. The molecule has 0 aromatic heterocycles. The van der Waals surface area contributed by atoms with Crippen LogP contribution in [0.4, 0.5) is 0 Å². The van der Waals surface area contributed by atoms with Crippen molar-refractivity contribution in [1.29, 1.82) is 0 Å². The number of benzene rings is 3. The van der Waals surface area contributed by atoms with E-state index in [0.29, 0.717) is 27.8 Å². The first kappa shape index (κ1) is 25.3. The summed E-state index contributed by atoms with van der Waals surface area (Å²) >= 11 is 5.89. The molecule has 0 amide bonds. The average molecular weight is 505 g/mol. The van der Waals surface area contributed by atoms with Gasteiger partial charge in [-0.2, -0.15) is 0 Å². The summed E-state index contributed by atoms with van der Waals surface area (Å²) in [5.41, 5.74) is 1.43. The summed E-state index contributed by atoms with van der Waals surface area (Å²) in [6, 6.07) is 12.6. The Labute approximate surface area is 204 Å². The topological polar surface area (TPSA) is 91.3 Å². The lowest BCUT2D eigenvalue weighted by Gasteiger charge is -2.14. The molecule has 9 heteroatoms. The molecule has 0 heterocycles. The Bertz CT molecular complexity index is 1270. The van der Waals surface area contributed by atoms with Crippen molar-refractivity contribution in [3.63, 3.8) is 0 Å². The highest BCUT2D eigenvalue weighted by Gasteiger charge is 2.22. The number of methoxy groups -OCH3 is 4. The molecular weight excluding hydrogens is 480 g/mol. The van der Waals surface area contributed by atoms with Gasteiger partial charge in [0.1, 0.15) is 0 Å². The molecule has 34 heavy (non-hydrogen) atoms. The lowest BCUT2D eigenvalue weighted by molar-refractivity contribution is 0.324. The van der Waals surface area contributed by atoms with E-state index in [1.165, 1.54) is 52.7 Å². The van der Waals surface area contributed by atoms with E-state index in [-0.39, 0.29) is 22.0 Å². The van der Waals surface area contributed by atoms with Crippen molar-refractivity contribution < 1.29 is 32.5 Å². The molecule has 0 atom stereocenters. The minimum atomic E-state index is -3.78. The Morgan fingerprint density at radius 3 is 1.94 bits per heavy atom. The van der Waals surface area contributed by atoms with Crippen LogP contribution in [0.15, 0.2) is 53.4 Å². The highest BCUT2D eigenvalue weighted by atomic mass is 35.5. The second-order valence-corrected chi connectivity index (χ2v) is 9.62. The number of sulfone groups is 1. The van der Waals surface area contributed by atoms with Crippen LogP contribution in [-0.4, -0.2) is 42.0 Å². The Balaban J connectivity index is 2.05. The van der Waals surface area contributed by atoms with E-state index in [2.05, 4.69) is 0 Å². The molecule has 0 radical (unpaired) electrons. The van der Waals surface area contributed by atoms with Gasteiger partial charge in [-0.3, -0.25) is 0 Å². The van der Waals surface area contributed by atoms with Gasteiger partial charge in [0.25, 0.3) is 0 Å². The van der Waals surface area contributed by atoms with E-state index in [1.807, 2.05) is 0 Å². The molecule has 0 saturated carbocycles. The van der Waals surface area contributed by atoms with Gasteiger partial charge in [-0.1, -0.05) is 29.8 Å². The average Bonchev–Trinajstić information content (AvgIpc) is 2.83. The Hall–Kier alpha value is -3.36. The van der Waals surface area contributed by atoms with Crippen molar-refractivity contribution in [1.82, 2.24) is 0 Å². The molecule has 0 saturated heterocycles. The number of hydrogen-bond acceptors (Lipinski definition) is 7. The highest BCUT2D eigenvalue weighted by molar-refractivity contribution is 7.90. The van der Waals surface area contributed by atoms with Crippen molar-refractivity contribution in [3.05, 3.63) is 70.2 Å². The Morgan fingerprint density at radius 1 is 0.824 bits per heavy atom. The standard InChI is InChI=1S/C25H25ClO7S/c1-30-21-12-7-17(6-5-16-13-22(31-2)25(33-4)23(14-16)32-3)20(24(21)27)15-34(28,29)19-10-8-18(26)9-11-19/h5-14,27H,15H2,1-4H3/b6-5-. The van der Waals surface area contributed by atoms with Crippen LogP contribution in [-0.2, 0) is 15.6 Å². The zero-order valence-electron chi connectivity index (χ0n) is 19.2. The first-order chi connectivity index (χ1) is 16.2. The zero-order chi connectivity index (χ0) is 24.9. The molecule has 1 N–H and O–H groups in total. The van der Waals surface area contributed by atoms with Gasteiger partial charge in [0, 0.05) is 10.6 Å². The van der Waals surface area contributed by atoms with E-state index in [4.69, 9.17) is 30.5 Å². The van der Waals surface area contributed by atoms with Gasteiger partial charge in [0.2, 0.25) is 5.75 Å². The normalized spacial score (nSPS) is 11.4. The van der Waals surface area contributed by atoms with Crippen LogP contribution in [0.1, 0.15) is 16.7 Å². The molecule has 3 rings (SSSR count). The second kappa shape index (κ2) is 10.7. The van der Waals surface area contributed by atoms with Crippen LogP contribution in [0.2, 0.25) is 5.02 Å². The Morgan fingerprint density at radius 2 is 1.41 bits per heavy atom. The zero-order valence-corrected chi connectivity index (χ0v) is 20.7. The van der Waals surface area contributed by atoms with Gasteiger partial charge in [-0.05, 0) is 53.6 Å². The third-order valence-corrected chi connectivity index (χ3v) is 7.06. The summed E-state index contributed by atoms with van der Waals surface area (Å²) in [7, 11) is 2.18. The highest BCUT2D eigenvalue weighted by Crippen LogP contribution is 2.39. The van der Waals surface area contributed by atoms with Crippen molar-refractivity contribution in [2.75, 3.05) is 28.4 Å². The number of hydrogen-bond donors (Lipinski definition) is 1. The molecule has 0 aliphatic carbocycles. The lowest BCUT2D eigenvalue weighted by Crippen LogP contribution is -2.07. The fourth-order valence-electron chi connectivity index (χ4n) is 3.40. The summed E-state index contributed by atoms with van der Waals surface area (Å²) in [5, 5.41) is 11.2. The molecule has 7 nitrogen and oxygen atoms in total. The number of halogens is 1. The van der Waals surface area contributed by atoms with Gasteiger partial charge >= 0.3 is 0 Å². The molecule has 0 spiro atoms. The molecule has 0 aliphatic rings. The number of phenols is 1. The molecule has 0 bridgehead atoms. The first-order valence-electron chi connectivity index (χ1n) is 10.1. The van der Waals surface area contributed by atoms with Crippen molar-refractivity contribution in [2.24, 2.45) is 0 Å². The molecular formula is C25H25ClO7S. The summed E-state index contributed by atoms with van der Waals surface area (Å²) < 4.78 is 47.4. The lowest BCUT2D eigenvalue weighted by atomic mass is 10.0. The molecule has 3 aromatic carbocycles. The molecule has 0 unspecified atom stereocenters. The predicted octanol–water partition coefficient (Wildman–Crippen LogP) is 5.22. The Kier molecular flexibility index (Phi) is 7.96. The van der Waals surface area contributed by atoms with Gasteiger partial charge in [0.15, 0.2) is 32.8 Å². The van der Waals surface area contributed by atoms with Crippen molar-refractivity contribution in [2.45, 2.75) is 10.6 Å². The maximum atomic E-state index is 13.1. The molecule has 0 aliphatic heterocycles. The summed E-state index contributed by atoms with van der Waals surface area (Å²) in [5.74, 6) is 0.901. The number of rotatable bonds is 9. The van der Waals surface area contributed by atoms with E-state index < -0.39 is 15.6 Å². The van der Waals surface area contributed by atoms with Crippen LogP contribution in [0.5, 0.6) is 28.7 Å². The third-order valence-electron chi connectivity index (χ3n) is 5.15. The number of phenolic OH excluding ortho intramolecular Hbond substituents is 1. The van der Waals surface area contributed by atoms with Crippen molar-refractivity contribution >= 4 is 33.6 Å². The maximum Gasteiger partial charge on any atom is 0.203 e. The summed E-state index contributed by atoms with van der Waals surface area (Å²) in [6.45, 7) is 0. The molecule has 180 valence electrons. The van der Waals surface area contributed by atoms with Crippen LogP contribution in [0.3, 0.4) is 0 Å². The van der Waals surface area contributed by atoms with Crippen molar-refractivity contribution in [3.8, 4) is 28.7 Å². The van der Waals surface area contributed by atoms with Gasteiger partial charge in [0.05, 0.1) is 39.1 Å². The van der Waals surface area contributed by atoms with E-state index in [0.717, 1.165) is 5.56 Å². The van der Waals surface area contributed by atoms with Crippen LogP contribution < -0.4 is 18.9 Å². The van der Waals surface area contributed by atoms with Crippen LogP contribution in [0, 0.1) is 0 Å². The summed E-state index contributed by atoms with van der Waals surface area (Å²) in [4.78, 5) is 0.0960. The maximum absolute atomic E-state index is 13.1. The van der Waals surface area contributed by atoms with E-state index in [1.54, 1.807) is 36.4 Å². The first-order valence-corrected chi connectivity index (χ1v) is 12.1.